The second-order valence-electron chi connectivity index (χ2n) is 8.96. The van der Waals surface area contributed by atoms with Crippen molar-refractivity contribution in [1.82, 2.24) is 9.97 Å². The molecule has 0 radical (unpaired) electrons. The van der Waals surface area contributed by atoms with E-state index in [-0.39, 0.29) is 0 Å². The van der Waals surface area contributed by atoms with E-state index in [9.17, 15) is 0 Å². The van der Waals surface area contributed by atoms with Gasteiger partial charge in [0, 0.05) is 23.2 Å². The quantitative estimate of drug-likeness (QED) is 0.275. The molecule has 0 spiro atoms. The molecule has 0 bridgehead atoms. The number of allylic oxidation sites excluding steroid dienone is 1. The van der Waals surface area contributed by atoms with E-state index in [0.29, 0.717) is 6.61 Å². The Kier molecular flexibility index (Phi) is 9.93. The van der Waals surface area contributed by atoms with Crippen LogP contribution in [0.1, 0.15) is 101 Å². The second kappa shape index (κ2) is 13.1. The summed E-state index contributed by atoms with van der Waals surface area (Å²) in [5.74, 6) is 0.851. The standard InChI is InChI=1S/C28H41N3O/c1-4-6-7-8-9-10-11-12-13-14-23-16-17-24(30-23)20-27-28(32-19-5-2)21-26(31-27)25-18-15-22(3)29-25/h15-18,20-21,29-30H,4-14,19H2,1-3H3. The molecule has 174 valence electrons. The average molecular weight is 436 g/mol. The normalized spacial score (nSPS) is 14.8. The maximum Gasteiger partial charge on any atom is 0.147 e. The number of rotatable bonds is 15. The Bertz CT molecular complexity index is 913. The van der Waals surface area contributed by atoms with Crippen LogP contribution >= 0.6 is 0 Å². The first-order valence-electron chi connectivity index (χ1n) is 12.7. The summed E-state index contributed by atoms with van der Waals surface area (Å²) in [6.07, 6.45) is 18.5. The Hall–Kier alpha value is -2.49. The average Bonchev–Trinajstić information content (AvgIpc) is 3.52. The number of aromatic nitrogens is 2. The molecule has 0 fully saturated rings. The second-order valence-corrected chi connectivity index (χ2v) is 8.96. The van der Waals surface area contributed by atoms with E-state index in [0.717, 1.165) is 47.1 Å². The van der Waals surface area contributed by atoms with Gasteiger partial charge >= 0.3 is 0 Å². The SMILES string of the molecule is CCCCCCCCCCCc1ccc(C=C2N=C(c3ccc(C)[nH]3)C=C2OCCC)[nH]1. The number of nitrogens with one attached hydrogen (secondary N) is 2. The molecule has 1 aliphatic rings. The molecule has 2 aromatic rings. The third-order valence-corrected chi connectivity index (χ3v) is 5.94. The molecule has 4 nitrogen and oxygen atoms in total. The molecule has 4 heteroatoms. The minimum Gasteiger partial charge on any atom is -0.491 e. The van der Waals surface area contributed by atoms with Crippen LogP contribution in [0.25, 0.3) is 6.08 Å². The van der Waals surface area contributed by atoms with Crippen molar-refractivity contribution >= 4 is 11.8 Å². The molecule has 0 atom stereocenters. The molecule has 0 saturated carbocycles. The number of nitrogens with zero attached hydrogens (tertiary/aromatic N) is 1. The van der Waals surface area contributed by atoms with Gasteiger partial charge in [-0.05, 0) is 56.5 Å². The number of ether oxygens (including phenoxy) is 1. The number of hydrogen-bond donors (Lipinski definition) is 2. The van der Waals surface area contributed by atoms with Gasteiger partial charge in [-0.2, -0.15) is 0 Å². The molecule has 0 aromatic carbocycles. The monoisotopic (exact) mass is 435 g/mol. The Balaban J connectivity index is 1.51. The summed E-state index contributed by atoms with van der Waals surface area (Å²) in [5, 5.41) is 0. The third-order valence-electron chi connectivity index (χ3n) is 5.94. The number of aliphatic imine (C=N–C) groups is 1. The minimum atomic E-state index is 0.699. The highest BCUT2D eigenvalue weighted by molar-refractivity contribution is 6.11. The third kappa shape index (κ3) is 7.58. The lowest BCUT2D eigenvalue weighted by Crippen LogP contribution is -1.95. The van der Waals surface area contributed by atoms with Gasteiger partial charge in [0.05, 0.1) is 18.0 Å². The Morgan fingerprint density at radius 3 is 2.28 bits per heavy atom. The highest BCUT2D eigenvalue weighted by Crippen LogP contribution is 2.26. The number of aryl methyl sites for hydroxylation is 2. The van der Waals surface area contributed by atoms with Gasteiger partial charge in [0.15, 0.2) is 0 Å². The molecule has 1 aliphatic heterocycles. The Morgan fingerprint density at radius 2 is 1.59 bits per heavy atom. The van der Waals surface area contributed by atoms with Gasteiger partial charge in [0.2, 0.25) is 0 Å². The first kappa shape index (κ1) is 24.2. The molecule has 0 aliphatic carbocycles. The van der Waals surface area contributed by atoms with Gasteiger partial charge in [0.1, 0.15) is 11.5 Å². The molecule has 0 unspecified atom stereocenters. The molecular formula is C28H41N3O. The maximum atomic E-state index is 5.99. The smallest absolute Gasteiger partial charge is 0.147 e. The van der Waals surface area contributed by atoms with Crippen LogP contribution in [0.3, 0.4) is 0 Å². The van der Waals surface area contributed by atoms with E-state index in [1.54, 1.807) is 0 Å². The van der Waals surface area contributed by atoms with Crippen molar-refractivity contribution in [3.8, 4) is 0 Å². The highest BCUT2D eigenvalue weighted by atomic mass is 16.5. The molecule has 3 heterocycles. The van der Waals surface area contributed by atoms with Crippen molar-refractivity contribution in [3.63, 3.8) is 0 Å². The molecule has 0 saturated heterocycles. The first-order valence-corrected chi connectivity index (χ1v) is 12.7. The summed E-state index contributed by atoms with van der Waals surface area (Å²) in [6, 6.07) is 8.51. The molecule has 3 rings (SSSR count). The van der Waals surface area contributed by atoms with Crippen molar-refractivity contribution in [1.29, 1.82) is 0 Å². The van der Waals surface area contributed by atoms with Crippen LogP contribution in [0, 0.1) is 6.92 Å². The Morgan fingerprint density at radius 1 is 0.844 bits per heavy atom. The zero-order valence-electron chi connectivity index (χ0n) is 20.3. The zero-order chi connectivity index (χ0) is 22.6. The van der Waals surface area contributed by atoms with Crippen molar-refractivity contribution in [2.24, 2.45) is 4.99 Å². The molecular weight excluding hydrogens is 394 g/mol. The lowest BCUT2D eigenvalue weighted by atomic mass is 10.1. The van der Waals surface area contributed by atoms with Crippen molar-refractivity contribution in [2.45, 2.75) is 91.4 Å². The zero-order valence-corrected chi connectivity index (χ0v) is 20.3. The summed E-state index contributed by atoms with van der Waals surface area (Å²) in [5.41, 5.74) is 6.37. The van der Waals surface area contributed by atoms with Crippen molar-refractivity contribution < 1.29 is 4.74 Å². The summed E-state index contributed by atoms with van der Waals surface area (Å²) >= 11 is 0. The number of unbranched alkanes of at least 4 members (excludes halogenated alkanes) is 8. The fourth-order valence-electron chi connectivity index (χ4n) is 4.10. The lowest BCUT2D eigenvalue weighted by Gasteiger charge is -2.05. The van der Waals surface area contributed by atoms with E-state index in [4.69, 9.17) is 9.73 Å². The van der Waals surface area contributed by atoms with Crippen LogP contribution in [0.4, 0.5) is 0 Å². The summed E-state index contributed by atoms with van der Waals surface area (Å²) in [6.45, 7) is 7.16. The number of H-pyrrole nitrogens is 2. The highest BCUT2D eigenvalue weighted by Gasteiger charge is 2.18. The van der Waals surface area contributed by atoms with E-state index in [1.165, 1.54) is 63.5 Å². The van der Waals surface area contributed by atoms with Gasteiger partial charge < -0.3 is 14.7 Å². The van der Waals surface area contributed by atoms with Crippen LogP contribution in [0.2, 0.25) is 0 Å². The largest absolute Gasteiger partial charge is 0.491 e. The van der Waals surface area contributed by atoms with Crippen LogP contribution in [0.5, 0.6) is 0 Å². The van der Waals surface area contributed by atoms with Crippen LogP contribution < -0.4 is 0 Å². The van der Waals surface area contributed by atoms with Gasteiger partial charge in [0.25, 0.3) is 0 Å². The van der Waals surface area contributed by atoms with Gasteiger partial charge in [-0.15, -0.1) is 0 Å². The van der Waals surface area contributed by atoms with Crippen LogP contribution in [0.15, 0.2) is 46.8 Å². The van der Waals surface area contributed by atoms with Gasteiger partial charge in [-0.25, -0.2) is 4.99 Å². The molecule has 2 N–H and O–H groups in total. The minimum absolute atomic E-state index is 0.699. The fraction of sp³-hybridized carbons (Fsp3) is 0.536. The van der Waals surface area contributed by atoms with Crippen LogP contribution in [-0.2, 0) is 11.2 Å². The predicted molar refractivity (Wildman–Crippen MR) is 136 cm³/mol. The summed E-state index contributed by atoms with van der Waals surface area (Å²) in [4.78, 5) is 11.8. The van der Waals surface area contributed by atoms with E-state index < -0.39 is 0 Å². The first-order chi connectivity index (χ1) is 15.7. The van der Waals surface area contributed by atoms with Crippen molar-refractivity contribution in [3.05, 3.63) is 64.6 Å². The summed E-state index contributed by atoms with van der Waals surface area (Å²) < 4.78 is 5.99. The van der Waals surface area contributed by atoms with Gasteiger partial charge in [-0.1, -0.05) is 65.2 Å². The van der Waals surface area contributed by atoms with E-state index in [2.05, 4.69) is 61.1 Å². The lowest BCUT2D eigenvalue weighted by molar-refractivity contribution is 0.222. The van der Waals surface area contributed by atoms with E-state index >= 15 is 0 Å². The van der Waals surface area contributed by atoms with Gasteiger partial charge in [-0.3, -0.25) is 0 Å². The molecule has 0 amide bonds. The van der Waals surface area contributed by atoms with E-state index in [1.807, 2.05) is 6.08 Å². The number of hydrogen-bond acceptors (Lipinski definition) is 2. The fourth-order valence-corrected chi connectivity index (χ4v) is 4.10. The number of aromatic amines is 2. The Labute approximate surface area is 194 Å². The predicted octanol–water partition coefficient (Wildman–Crippen LogP) is 7.88. The molecule has 2 aromatic heterocycles. The summed E-state index contributed by atoms with van der Waals surface area (Å²) in [7, 11) is 0. The topological polar surface area (TPSA) is 53.2 Å². The maximum absolute atomic E-state index is 5.99. The van der Waals surface area contributed by atoms with Crippen molar-refractivity contribution in [2.75, 3.05) is 6.61 Å². The molecule has 32 heavy (non-hydrogen) atoms. The van der Waals surface area contributed by atoms with Crippen LogP contribution in [-0.4, -0.2) is 22.3 Å².